The smallest absolute Gasteiger partial charge is 0.0874 e. The van der Waals surface area contributed by atoms with Crippen molar-refractivity contribution < 1.29 is 14.9 Å². The molecule has 1 atom stereocenters. The van der Waals surface area contributed by atoms with Gasteiger partial charge < -0.3 is 5.11 Å². The highest BCUT2D eigenvalue weighted by Crippen LogP contribution is 2.15. The molecule has 1 heterocycles. The molecule has 0 amide bonds. The van der Waals surface area contributed by atoms with Crippen LogP contribution in [0.15, 0.2) is 0 Å². The van der Waals surface area contributed by atoms with Gasteiger partial charge in [-0.15, -0.1) is 0 Å². The lowest BCUT2D eigenvalue weighted by Crippen LogP contribution is -2.14. The molecule has 0 radical (unpaired) electrons. The van der Waals surface area contributed by atoms with Crippen LogP contribution in [0.25, 0.3) is 0 Å². The van der Waals surface area contributed by atoms with E-state index in [1.54, 1.807) is 0 Å². The Hall–Kier alpha value is -0.120. The van der Waals surface area contributed by atoms with Gasteiger partial charge in [0.25, 0.3) is 0 Å². The fourth-order valence-corrected chi connectivity index (χ4v) is 1.02. The summed E-state index contributed by atoms with van der Waals surface area (Å²) in [7, 11) is 0. The second-order valence-corrected chi connectivity index (χ2v) is 2.73. The highest BCUT2D eigenvalue weighted by molar-refractivity contribution is 4.64. The lowest BCUT2D eigenvalue weighted by atomic mass is 10.0. The van der Waals surface area contributed by atoms with Crippen LogP contribution in [0.3, 0.4) is 0 Å². The van der Waals surface area contributed by atoms with Gasteiger partial charge in [0, 0.05) is 5.92 Å². The first-order valence-corrected chi connectivity index (χ1v) is 3.75. The Morgan fingerprint density at radius 2 is 2.10 bits per heavy atom. The van der Waals surface area contributed by atoms with Crippen LogP contribution in [0, 0.1) is 5.92 Å². The van der Waals surface area contributed by atoms with E-state index < -0.39 is 0 Å². The molecular weight excluding hydrogens is 132 g/mol. The Bertz CT molecular complexity index is 88.9. The van der Waals surface area contributed by atoms with E-state index >= 15 is 0 Å². The molecule has 60 valence electrons. The Morgan fingerprint density at radius 1 is 1.50 bits per heavy atom. The van der Waals surface area contributed by atoms with Gasteiger partial charge in [-0.2, -0.15) is 0 Å². The fourth-order valence-electron chi connectivity index (χ4n) is 1.02. The van der Waals surface area contributed by atoms with Crippen LogP contribution >= 0.6 is 0 Å². The summed E-state index contributed by atoms with van der Waals surface area (Å²) in [5.41, 5.74) is 0. The first-order chi connectivity index (χ1) is 4.83. The van der Waals surface area contributed by atoms with E-state index in [1.807, 2.05) is 6.92 Å². The summed E-state index contributed by atoms with van der Waals surface area (Å²) < 4.78 is 0. The second kappa shape index (κ2) is 3.91. The van der Waals surface area contributed by atoms with Crippen LogP contribution in [0.1, 0.15) is 19.8 Å². The molecular formula is C7H14O3. The molecule has 0 spiro atoms. The van der Waals surface area contributed by atoms with Crippen molar-refractivity contribution in [3.8, 4) is 0 Å². The van der Waals surface area contributed by atoms with Crippen LogP contribution in [0.4, 0.5) is 0 Å². The first kappa shape index (κ1) is 7.98. The molecule has 0 bridgehead atoms. The third kappa shape index (κ3) is 2.25. The molecule has 3 heteroatoms. The van der Waals surface area contributed by atoms with Gasteiger partial charge in [-0.1, -0.05) is 6.92 Å². The van der Waals surface area contributed by atoms with Crippen molar-refractivity contribution in [3.63, 3.8) is 0 Å². The molecule has 0 aromatic carbocycles. The second-order valence-electron chi connectivity index (χ2n) is 2.73. The van der Waals surface area contributed by atoms with Crippen LogP contribution in [0.2, 0.25) is 0 Å². The summed E-state index contributed by atoms with van der Waals surface area (Å²) in [4.78, 5) is 9.38. The third-order valence-electron chi connectivity index (χ3n) is 1.77. The molecule has 1 saturated heterocycles. The normalized spacial score (nSPS) is 23.4. The maximum atomic E-state index is 9.21. The maximum absolute atomic E-state index is 9.21. The van der Waals surface area contributed by atoms with Gasteiger partial charge in [0.2, 0.25) is 0 Å². The SMILES string of the molecule is CCC(O)CC1COOC1. The molecule has 1 rings (SSSR count). The van der Waals surface area contributed by atoms with Crippen LogP contribution < -0.4 is 0 Å². The molecule has 10 heavy (non-hydrogen) atoms. The number of hydrogen-bond donors (Lipinski definition) is 1. The predicted octanol–water partition coefficient (Wildman–Crippen LogP) is 0.725. The minimum atomic E-state index is -0.185. The summed E-state index contributed by atoms with van der Waals surface area (Å²) in [6.45, 7) is 3.25. The van der Waals surface area contributed by atoms with Crippen molar-refractivity contribution in [2.75, 3.05) is 13.2 Å². The van der Waals surface area contributed by atoms with Crippen LogP contribution in [-0.4, -0.2) is 24.4 Å². The van der Waals surface area contributed by atoms with Crippen molar-refractivity contribution in [2.24, 2.45) is 5.92 Å². The first-order valence-electron chi connectivity index (χ1n) is 3.75. The zero-order valence-electron chi connectivity index (χ0n) is 6.25. The number of hydrogen-bond acceptors (Lipinski definition) is 3. The summed E-state index contributed by atoms with van der Waals surface area (Å²) in [5, 5.41) is 9.21. The van der Waals surface area contributed by atoms with Crippen molar-refractivity contribution in [1.29, 1.82) is 0 Å². The van der Waals surface area contributed by atoms with E-state index in [4.69, 9.17) is 9.78 Å². The van der Waals surface area contributed by atoms with Crippen LogP contribution in [0.5, 0.6) is 0 Å². The highest BCUT2D eigenvalue weighted by Gasteiger charge is 2.19. The number of aliphatic hydroxyl groups excluding tert-OH is 1. The molecule has 1 aliphatic heterocycles. The van der Waals surface area contributed by atoms with E-state index in [0.29, 0.717) is 19.1 Å². The molecule has 0 aromatic rings. The van der Waals surface area contributed by atoms with E-state index in [1.165, 1.54) is 0 Å². The fraction of sp³-hybridized carbons (Fsp3) is 1.00. The third-order valence-corrected chi connectivity index (χ3v) is 1.77. The standard InChI is InChI=1S/C7H14O3/c1-2-7(8)3-6-4-9-10-5-6/h6-8H,2-5H2,1H3. The molecule has 1 aliphatic rings. The van der Waals surface area contributed by atoms with Gasteiger partial charge in [-0.05, 0) is 12.8 Å². The summed E-state index contributed by atoms with van der Waals surface area (Å²) >= 11 is 0. The van der Waals surface area contributed by atoms with E-state index in [9.17, 15) is 5.11 Å². The Labute approximate surface area is 60.9 Å². The average Bonchev–Trinajstić information content (AvgIpc) is 2.40. The molecule has 3 nitrogen and oxygen atoms in total. The van der Waals surface area contributed by atoms with E-state index in [2.05, 4.69) is 0 Å². The predicted molar refractivity (Wildman–Crippen MR) is 36.3 cm³/mol. The van der Waals surface area contributed by atoms with Crippen LogP contribution in [-0.2, 0) is 9.78 Å². The van der Waals surface area contributed by atoms with E-state index in [0.717, 1.165) is 12.8 Å². The van der Waals surface area contributed by atoms with Crippen molar-refractivity contribution in [2.45, 2.75) is 25.9 Å². The topological polar surface area (TPSA) is 38.7 Å². The lowest BCUT2D eigenvalue weighted by molar-refractivity contribution is -0.248. The molecule has 1 fully saturated rings. The number of aliphatic hydroxyl groups is 1. The minimum absolute atomic E-state index is 0.185. The van der Waals surface area contributed by atoms with Gasteiger partial charge in [-0.25, -0.2) is 9.78 Å². The van der Waals surface area contributed by atoms with Gasteiger partial charge in [-0.3, -0.25) is 0 Å². The van der Waals surface area contributed by atoms with Gasteiger partial charge >= 0.3 is 0 Å². The Kier molecular flexibility index (Phi) is 3.12. The van der Waals surface area contributed by atoms with Crippen molar-refractivity contribution in [1.82, 2.24) is 0 Å². The maximum Gasteiger partial charge on any atom is 0.0874 e. The molecule has 0 saturated carbocycles. The molecule has 1 unspecified atom stereocenters. The van der Waals surface area contributed by atoms with Gasteiger partial charge in [0.05, 0.1) is 19.3 Å². The van der Waals surface area contributed by atoms with Crippen molar-refractivity contribution >= 4 is 0 Å². The van der Waals surface area contributed by atoms with Gasteiger partial charge in [0.1, 0.15) is 0 Å². The lowest BCUT2D eigenvalue weighted by Gasteiger charge is -2.09. The summed E-state index contributed by atoms with van der Waals surface area (Å²) in [6.07, 6.45) is 1.43. The van der Waals surface area contributed by atoms with E-state index in [-0.39, 0.29) is 6.10 Å². The average molecular weight is 146 g/mol. The van der Waals surface area contributed by atoms with Gasteiger partial charge in [0.15, 0.2) is 0 Å². The molecule has 0 aromatic heterocycles. The quantitative estimate of drug-likeness (QED) is 0.596. The Morgan fingerprint density at radius 3 is 2.60 bits per heavy atom. The minimum Gasteiger partial charge on any atom is -0.393 e. The summed E-state index contributed by atoms with van der Waals surface area (Å²) in [5.74, 6) is 0.398. The zero-order chi connectivity index (χ0) is 7.40. The highest BCUT2D eigenvalue weighted by atomic mass is 17.2. The zero-order valence-corrected chi connectivity index (χ0v) is 6.25. The van der Waals surface area contributed by atoms with Crippen molar-refractivity contribution in [3.05, 3.63) is 0 Å². The summed E-state index contributed by atoms with van der Waals surface area (Å²) in [6, 6.07) is 0. The molecule has 0 aliphatic carbocycles. The number of rotatable bonds is 3. The largest absolute Gasteiger partial charge is 0.393 e. The Balaban J connectivity index is 2.11. The monoisotopic (exact) mass is 146 g/mol. The molecule has 1 N–H and O–H groups in total.